The summed E-state index contributed by atoms with van der Waals surface area (Å²) in [7, 11) is 2.26. The first-order valence-electron chi connectivity index (χ1n) is 5.62. The summed E-state index contributed by atoms with van der Waals surface area (Å²) < 4.78 is 0. The first-order valence-corrected chi connectivity index (χ1v) is 6.03. The molecule has 80 valence electrons. The summed E-state index contributed by atoms with van der Waals surface area (Å²) >= 11 is 5.25. The molecular formula is C10H20N3S+. The largest absolute Gasteiger partial charge is 0.360 e. The Morgan fingerprint density at radius 3 is 2.07 bits per heavy atom. The van der Waals surface area contributed by atoms with Gasteiger partial charge in [0.1, 0.15) is 0 Å². The van der Waals surface area contributed by atoms with Crippen LogP contribution >= 0.6 is 12.2 Å². The van der Waals surface area contributed by atoms with Crippen LogP contribution in [0.1, 0.15) is 25.7 Å². The van der Waals surface area contributed by atoms with Crippen LogP contribution in [0.2, 0.25) is 0 Å². The summed E-state index contributed by atoms with van der Waals surface area (Å²) in [6.07, 6.45) is 5.08. The van der Waals surface area contributed by atoms with E-state index in [9.17, 15) is 0 Å². The van der Waals surface area contributed by atoms with Crippen molar-refractivity contribution in [3.8, 4) is 0 Å². The number of piperidine rings is 1. The lowest BCUT2D eigenvalue weighted by molar-refractivity contribution is -0.884. The van der Waals surface area contributed by atoms with Gasteiger partial charge in [-0.15, -0.1) is 0 Å². The Hall–Kier alpha value is -0.350. The number of hydrogen-bond donors (Lipinski definition) is 3. The fraction of sp³-hybridized carbons (Fsp3) is 0.900. The van der Waals surface area contributed by atoms with E-state index in [2.05, 4.69) is 17.7 Å². The minimum Gasteiger partial charge on any atom is -0.360 e. The molecule has 1 heterocycles. The van der Waals surface area contributed by atoms with Gasteiger partial charge in [-0.2, -0.15) is 0 Å². The maximum Gasteiger partial charge on any atom is 0.166 e. The molecule has 0 spiro atoms. The van der Waals surface area contributed by atoms with E-state index < -0.39 is 0 Å². The highest BCUT2D eigenvalue weighted by Gasteiger charge is 2.24. The van der Waals surface area contributed by atoms with Gasteiger partial charge in [-0.25, -0.2) is 0 Å². The average molecular weight is 214 g/mol. The molecular weight excluding hydrogens is 194 g/mol. The molecule has 1 aliphatic heterocycles. The van der Waals surface area contributed by atoms with Gasteiger partial charge in [0.15, 0.2) is 5.11 Å². The molecule has 2 aliphatic rings. The zero-order valence-corrected chi connectivity index (χ0v) is 9.62. The zero-order chi connectivity index (χ0) is 9.97. The first-order chi connectivity index (χ1) is 6.74. The fourth-order valence-corrected chi connectivity index (χ4v) is 2.23. The van der Waals surface area contributed by atoms with Crippen LogP contribution in [-0.4, -0.2) is 37.3 Å². The van der Waals surface area contributed by atoms with E-state index in [0.717, 1.165) is 5.11 Å². The molecule has 0 aromatic carbocycles. The smallest absolute Gasteiger partial charge is 0.166 e. The highest BCUT2D eigenvalue weighted by molar-refractivity contribution is 7.80. The molecule has 0 aromatic rings. The summed E-state index contributed by atoms with van der Waals surface area (Å²) in [4.78, 5) is 1.64. The summed E-state index contributed by atoms with van der Waals surface area (Å²) in [5, 5.41) is 7.62. The van der Waals surface area contributed by atoms with Gasteiger partial charge in [-0.1, -0.05) is 0 Å². The summed E-state index contributed by atoms with van der Waals surface area (Å²) in [6.45, 7) is 2.54. The maximum absolute atomic E-state index is 5.25. The first kappa shape index (κ1) is 10.2. The van der Waals surface area contributed by atoms with Crippen molar-refractivity contribution in [1.82, 2.24) is 10.6 Å². The van der Waals surface area contributed by atoms with Crippen LogP contribution in [0.3, 0.4) is 0 Å². The molecule has 0 unspecified atom stereocenters. The number of likely N-dealkylation sites (tertiary alicyclic amines) is 1. The van der Waals surface area contributed by atoms with Crippen molar-refractivity contribution in [3.05, 3.63) is 0 Å². The Kier molecular flexibility index (Phi) is 3.23. The number of nitrogens with one attached hydrogen (secondary N) is 3. The summed E-state index contributed by atoms with van der Waals surface area (Å²) in [5.41, 5.74) is 0. The Bertz CT molecular complexity index is 207. The van der Waals surface area contributed by atoms with Gasteiger partial charge in [0.25, 0.3) is 0 Å². The third kappa shape index (κ3) is 3.10. The summed E-state index contributed by atoms with van der Waals surface area (Å²) in [6, 6.07) is 1.28. The van der Waals surface area contributed by atoms with Crippen LogP contribution < -0.4 is 15.5 Å². The monoisotopic (exact) mass is 214 g/mol. The molecule has 14 heavy (non-hydrogen) atoms. The van der Waals surface area contributed by atoms with Crippen LogP contribution in [0.25, 0.3) is 0 Å². The van der Waals surface area contributed by atoms with Crippen LogP contribution in [0.5, 0.6) is 0 Å². The topological polar surface area (TPSA) is 28.5 Å². The number of thiocarbonyl (C=S) groups is 1. The third-order valence-electron chi connectivity index (χ3n) is 3.09. The van der Waals surface area contributed by atoms with Crippen molar-refractivity contribution < 1.29 is 4.90 Å². The van der Waals surface area contributed by atoms with Crippen molar-refractivity contribution in [3.63, 3.8) is 0 Å². The fourth-order valence-electron chi connectivity index (χ4n) is 1.90. The lowest BCUT2D eigenvalue weighted by atomic mass is 10.1. The van der Waals surface area contributed by atoms with Crippen LogP contribution in [0, 0.1) is 0 Å². The van der Waals surface area contributed by atoms with Crippen molar-refractivity contribution in [2.24, 2.45) is 0 Å². The second kappa shape index (κ2) is 4.45. The van der Waals surface area contributed by atoms with Gasteiger partial charge in [-0.05, 0) is 25.1 Å². The molecule has 1 aliphatic carbocycles. The Balaban J connectivity index is 1.66. The van der Waals surface area contributed by atoms with Crippen LogP contribution in [0.4, 0.5) is 0 Å². The SMILES string of the molecule is C[NH+]1CCC(NC(=S)NC2CC2)CC1. The van der Waals surface area contributed by atoms with E-state index in [1.807, 2.05) is 0 Å². The second-order valence-electron chi connectivity index (χ2n) is 4.62. The van der Waals surface area contributed by atoms with Gasteiger partial charge in [0.05, 0.1) is 20.1 Å². The minimum atomic E-state index is 0.609. The van der Waals surface area contributed by atoms with Crippen LogP contribution in [-0.2, 0) is 0 Å². The quantitative estimate of drug-likeness (QED) is 0.530. The zero-order valence-electron chi connectivity index (χ0n) is 8.81. The molecule has 4 heteroatoms. The standard InChI is InChI=1S/C10H19N3S/c1-13-6-4-9(5-7-13)12-10(14)11-8-2-3-8/h8-9H,2-7H2,1H3,(H2,11,12,14)/p+1. The highest BCUT2D eigenvalue weighted by Crippen LogP contribution is 2.18. The Morgan fingerprint density at radius 2 is 1.57 bits per heavy atom. The molecule has 0 bridgehead atoms. The third-order valence-corrected chi connectivity index (χ3v) is 3.32. The number of quaternary nitrogens is 1. The van der Waals surface area contributed by atoms with E-state index in [-0.39, 0.29) is 0 Å². The van der Waals surface area contributed by atoms with E-state index in [0.29, 0.717) is 12.1 Å². The lowest BCUT2D eigenvalue weighted by Gasteiger charge is -2.28. The van der Waals surface area contributed by atoms with Crippen molar-refractivity contribution in [1.29, 1.82) is 0 Å². The van der Waals surface area contributed by atoms with E-state index in [4.69, 9.17) is 12.2 Å². The molecule has 3 N–H and O–H groups in total. The highest BCUT2D eigenvalue weighted by atomic mass is 32.1. The minimum absolute atomic E-state index is 0.609. The molecule has 0 atom stereocenters. The number of hydrogen-bond acceptors (Lipinski definition) is 1. The lowest BCUT2D eigenvalue weighted by Crippen LogP contribution is -3.10. The van der Waals surface area contributed by atoms with E-state index in [1.165, 1.54) is 38.8 Å². The Labute approximate surface area is 91.2 Å². The number of rotatable bonds is 2. The molecule has 0 radical (unpaired) electrons. The van der Waals surface area contributed by atoms with Crippen molar-refractivity contribution in [2.45, 2.75) is 37.8 Å². The van der Waals surface area contributed by atoms with Gasteiger partial charge < -0.3 is 15.5 Å². The molecule has 1 saturated heterocycles. The van der Waals surface area contributed by atoms with Crippen LogP contribution in [0.15, 0.2) is 0 Å². The van der Waals surface area contributed by atoms with E-state index >= 15 is 0 Å². The predicted molar refractivity (Wildman–Crippen MR) is 61.5 cm³/mol. The van der Waals surface area contributed by atoms with Gasteiger partial charge in [0.2, 0.25) is 0 Å². The maximum atomic E-state index is 5.25. The average Bonchev–Trinajstić information content (AvgIpc) is 2.93. The second-order valence-corrected chi connectivity index (χ2v) is 5.03. The van der Waals surface area contributed by atoms with Gasteiger partial charge in [-0.3, -0.25) is 0 Å². The van der Waals surface area contributed by atoms with Gasteiger partial charge >= 0.3 is 0 Å². The van der Waals surface area contributed by atoms with Crippen molar-refractivity contribution >= 4 is 17.3 Å². The summed E-state index contributed by atoms with van der Waals surface area (Å²) in [5.74, 6) is 0. The normalized spacial score (nSPS) is 32.4. The Morgan fingerprint density at radius 1 is 1.07 bits per heavy atom. The molecule has 2 fully saturated rings. The molecule has 1 saturated carbocycles. The van der Waals surface area contributed by atoms with Gasteiger partial charge in [0, 0.05) is 24.9 Å². The van der Waals surface area contributed by atoms with E-state index in [1.54, 1.807) is 4.90 Å². The molecule has 0 amide bonds. The predicted octanol–water partition coefficient (Wildman–Crippen LogP) is -0.710. The molecule has 2 rings (SSSR count). The van der Waals surface area contributed by atoms with Crippen molar-refractivity contribution in [2.75, 3.05) is 20.1 Å². The molecule has 0 aromatic heterocycles. The molecule has 3 nitrogen and oxygen atoms in total.